The van der Waals surface area contributed by atoms with Gasteiger partial charge in [0.25, 0.3) is 0 Å². The number of aromatic nitrogens is 3. The van der Waals surface area contributed by atoms with Crippen LogP contribution in [-0.2, 0) is 22.6 Å². The van der Waals surface area contributed by atoms with E-state index in [1.807, 2.05) is 38.1 Å². The van der Waals surface area contributed by atoms with Crippen molar-refractivity contribution in [3.05, 3.63) is 65.1 Å². The monoisotopic (exact) mass is 390 g/mol. The quantitative estimate of drug-likeness (QED) is 0.595. The van der Waals surface area contributed by atoms with E-state index < -0.39 is 11.8 Å². The predicted octanol–water partition coefficient (Wildman–Crippen LogP) is 2.11. The highest BCUT2D eigenvalue weighted by Crippen LogP contribution is 2.21. The Bertz CT molecular complexity index is 1090. The molecule has 0 spiro atoms. The van der Waals surface area contributed by atoms with Crippen LogP contribution in [0.15, 0.2) is 42.6 Å². The molecule has 0 saturated heterocycles. The number of rotatable bonds is 3. The summed E-state index contributed by atoms with van der Waals surface area (Å²) in [6, 6.07) is 11.0. The van der Waals surface area contributed by atoms with E-state index in [0.717, 1.165) is 30.9 Å². The molecule has 0 bridgehead atoms. The largest absolute Gasteiger partial charge is 0.318 e. The Labute approximate surface area is 168 Å². The molecule has 0 radical (unpaired) electrons. The van der Waals surface area contributed by atoms with Crippen molar-refractivity contribution in [1.29, 1.82) is 0 Å². The van der Waals surface area contributed by atoms with Crippen LogP contribution in [0, 0.1) is 13.8 Å². The van der Waals surface area contributed by atoms with Crippen LogP contribution in [-0.4, -0.2) is 33.1 Å². The first kappa shape index (κ1) is 18.8. The molecule has 8 heteroatoms. The first-order valence-corrected chi connectivity index (χ1v) is 9.45. The lowest BCUT2D eigenvalue weighted by Crippen LogP contribution is -2.30. The van der Waals surface area contributed by atoms with Gasteiger partial charge in [-0.2, -0.15) is 5.10 Å². The zero-order chi connectivity index (χ0) is 20.4. The van der Waals surface area contributed by atoms with Crippen LogP contribution in [0.2, 0.25) is 0 Å². The van der Waals surface area contributed by atoms with Crippen LogP contribution in [0.1, 0.15) is 22.5 Å². The molecule has 2 aromatic heterocycles. The van der Waals surface area contributed by atoms with Gasteiger partial charge in [0, 0.05) is 24.1 Å². The molecule has 0 saturated carbocycles. The molecular formula is C21H22N6O2. The molecule has 0 fully saturated rings. The van der Waals surface area contributed by atoms with Gasteiger partial charge in [0.15, 0.2) is 5.82 Å². The zero-order valence-electron chi connectivity index (χ0n) is 16.3. The van der Waals surface area contributed by atoms with Gasteiger partial charge in [-0.3, -0.25) is 9.59 Å². The van der Waals surface area contributed by atoms with Crippen molar-refractivity contribution in [3.63, 3.8) is 0 Å². The number of amides is 2. The molecular weight excluding hydrogens is 368 g/mol. The van der Waals surface area contributed by atoms with E-state index in [2.05, 4.69) is 26.0 Å². The standard InChI is InChI=1S/C21H22N6O2/c1-13-10-14(2)27(26-13)19-18(4-3-8-23-19)25-21(29)20(28)24-17-6-5-16-12-22-9-7-15(16)11-17/h3-6,8,10-11,22H,7,9,12H2,1-2H3,(H,24,28)(H,25,29). The number of pyridine rings is 1. The van der Waals surface area contributed by atoms with Gasteiger partial charge in [0.05, 0.1) is 11.4 Å². The van der Waals surface area contributed by atoms with E-state index in [0.29, 0.717) is 17.2 Å². The summed E-state index contributed by atoms with van der Waals surface area (Å²) in [5.41, 5.74) is 5.13. The number of carbonyl (C=O) groups excluding carboxylic acids is 2. The Hall–Kier alpha value is -3.52. The number of benzene rings is 1. The van der Waals surface area contributed by atoms with Crippen molar-refractivity contribution in [2.45, 2.75) is 26.8 Å². The maximum atomic E-state index is 12.5. The van der Waals surface area contributed by atoms with Crippen molar-refractivity contribution in [2.24, 2.45) is 0 Å². The first-order valence-electron chi connectivity index (χ1n) is 9.45. The highest BCUT2D eigenvalue weighted by Gasteiger charge is 2.18. The number of nitrogens with zero attached hydrogens (tertiary/aromatic N) is 3. The molecule has 8 nitrogen and oxygen atoms in total. The number of hydrogen-bond acceptors (Lipinski definition) is 5. The third-order valence-electron chi connectivity index (χ3n) is 4.80. The normalized spacial score (nSPS) is 12.9. The molecule has 29 heavy (non-hydrogen) atoms. The Morgan fingerprint density at radius 1 is 1.07 bits per heavy atom. The lowest BCUT2D eigenvalue weighted by Gasteiger charge is -2.18. The summed E-state index contributed by atoms with van der Waals surface area (Å²) >= 11 is 0. The molecule has 148 valence electrons. The zero-order valence-corrected chi connectivity index (χ0v) is 16.3. The molecule has 4 rings (SSSR count). The number of hydrogen-bond donors (Lipinski definition) is 3. The summed E-state index contributed by atoms with van der Waals surface area (Å²) in [4.78, 5) is 29.2. The van der Waals surface area contributed by atoms with Gasteiger partial charge in [0.2, 0.25) is 0 Å². The van der Waals surface area contributed by atoms with Crippen LogP contribution in [0.25, 0.3) is 5.82 Å². The number of nitrogens with one attached hydrogen (secondary N) is 3. The van der Waals surface area contributed by atoms with Crippen molar-refractivity contribution in [2.75, 3.05) is 17.2 Å². The van der Waals surface area contributed by atoms with Crippen molar-refractivity contribution >= 4 is 23.2 Å². The van der Waals surface area contributed by atoms with Crippen LogP contribution < -0.4 is 16.0 Å². The van der Waals surface area contributed by atoms with Crippen LogP contribution in [0.4, 0.5) is 11.4 Å². The minimum atomic E-state index is -0.764. The van der Waals surface area contributed by atoms with Gasteiger partial charge in [-0.15, -0.1) is 0 Å². The smallest absolute Gasteiger partial charge is 0.314 e. The Morgan fingerprint density at radius 3 is 2.69 bits per heavy atom. The molecule has 1 aliphatic heterocycles. The maximum Gasteiger partial charge on any atom is 0.314 e. The topological polar surface area (TPSA) is 101 Å². The van der Waals surface area contributed by atoms with E-state index >= 15 is 0 Å². The average Bonchev–Trinajstić information content (AvgIpc) is 3.06. The van der Waals surface area contributed by atoms with Gasteiger partial charge in [0.1, 0.15) is 0 Å². The summed E-state index contributed by atoms with van der Waals surface area (Å²) in [6.07, 6.45) is 2.51. The molecule has 3 aromatic rings. The Morgan fingerprint density at radius 2 is 1.90 bits per heavy atom. The fourth-order valence-corrected chi connectivity index (χ4v) is 3.43. The number of anilines is 2. The van der Waals surface area contributed by atoms with E-state index in [1.165, 1.54) is 11.1 Å². The van der Waals surface area contributed by atoms with E-state index in [9.17, 15) is 9.59 Å². The highest BCUT2D eigenvalue weighted by molar-refractivity contribution is 6.43. The summed E-state index contributed by atoms with van der Waals surface area (Å²) in [5, 5.41) is 13.0. The van der Waals surface area contributed by atoms with Crippen LogP contribution >= 0.6 is 0 Å². The maximum absolute atomic E-state index is 12.5. The Kier molecular flexibility index (Phi) is 5.09. The average molecular weight is 390 g/mol. The van der Waals surface area contributed by atoms with Gasteiger partial charge < -0.3 is 16.0 Å². The second kappa shape index (κ2) is 7.84. The Balaban J connectivity index is 1.50. The first-order chi connectivity index (χ1) is 14.0. The number of fused-ring (bicyclic) bond motifs is 1. The van der Waals surface area contributed by atoms with Gasteiger partial charge in [-0.1, -0.05) is 6.07 Å². The van der Waals surface area contributed by atoms with Crippen molar-refractivity contribution in [3.8, 4) is 5.82 Å². The molecule has 3 heterocycles. The number of aryl methyl sites for hydroxylation is 2. The lowest BCUT2D eigenvalue weighted by molar-refractivity contribution is -0.133. The molecule has 0 atom stereocenters. The predicted molar refractivity (Wildman–Crippen MR) is 110 cm³/mol. The molecule has 1 aliphatic rings. The fraction of sp³-hybridized carbons (Fsp3) is 0.238. The van der Waals surface area contributed by atoms with Crippen molar-refractivity contribution in [1.82, 2.24) is 20.1 Å². The van der Waals surface area contributed by atoms with Crippen LogP contribution in [0.3, 0.4) is 0 Å². The third kappa shape index (κ3) is 4.02. The molecule has 2 amide bonds. The molecule has 1 aromatic carbocycles. The minimum absolute atomic E-state index is 0.412. The second-order valence-corrected chi connectivity index (χ2v) is 7.03. The molecule has 0 unspecified atom stereocenters. The van der Waals surface area contributed by atoms with E-state index in [1.54, 1.807) is 23.0 Å². The molecule has 3 N–H and O–H groups in total. The highest BCUT2D eigenvalue weighted by atomic mass is 16.2. The lowest BCUT2D eigenvalue weighted by atomic mass is 10.0. The summed E-state index contributed by atoms with van der Waals surface area (Å²) in [7, 11) is 0. The minimum Gasteiger partial charge on any atom is -0.318 e. The fourth-order valence-electron chi connectivity index (χ4n) is 3.43. The van der Waals surface area contributed by atoms with Crippen LogP contribution in [0.5, 0.6) is 0 Å². The van der Waals surface area contributed by atoms with Crippen molar-refractivity contribution < 1.29 is 9.59 Å². The SMILES string of the molecule is Cc1cc(C)n(-c2ncccc2NC(=O)C(=O)Nc2ccc3c(c2)CCNC3)n1. The van der Waals surface area contributed by atoms with Gasteiger partial charge >= 0.3 is 11.8 Å². The van der Waals surface area contributed by atoms with E-state index in [4.69, 9.17) is 0 Å². The number of carbonyl (C=O) groups is 2. The summed E-state index contributed by atoms with van der Waals surface area (Å²) in [6.45, 7) is 5.51. The summed E-state index contributed by atoms with van der Waals surface area (Å²) in [5.74, 6) is -1.04. The van der Waals surface area contributed by atoms with E-state index in [-0.39, 0.29) is 0 Å². The van der Waals surface area contributed by atoms with Gasteiger partial charge in [-0.05, 0) is 68.3 Å². The second-order valence-electron chi connectivity index (χ2n) is 7.03. The van der Waals surface area contributed by atoms with Gasteiger partial charge in [-0.25, -0.2) is 9.67 Å². The molecule has 0 aliphatic carbocycles. The third-order valence-corrected chi connectivity index (χ3v) is 4.80. The summed E-state index contributed by atoms with van der Waals surface area (Å²) < 4.78 is 1.64.